The number of hydrogen-bond donors (Lipinski definition) is 0. The molecule has 1 saturated heterocycles. The van der Waals surface area contributed by atoms with Crippen LogP contribution in [0.2, 0.25) is 0 Å². The second-order valence-corrected chi connectivity index (χ2v) is 6.02. The Balaban J connectivity index is 1.61. The minimum Gasteiger partial charge on any atom is -0.493 e. The van der Waals surface area contributed by atoms with Crippen molar-refractivity contribution in [3.8, 4) is 11.5 Å². The van der Waals surface area contributed by atoms with Crippen molar-refractivity contribution in [2.45, 2.75) is 13.0 Å². The van der Waals surface area contributed by atoms with Crippen molar-refractivity contribution in [1.82, 2.24) is 4.90 Å². The van der Waals surface area contributed by atoms with Crippen LogP contribution >= 0.6 is 0 Å². The third kappa shape index (κ3) is 4.12. The first kappa shape index (κ1) is 17.3. The molecule has 2 aromatic carbocycles. The molecule has 1 heterocycles. The van der Waals surface area contributed by atoms with Gasteiger partial charge in [-0.3, -0.25) is 4.79 Å². The molecule has 25 heavy (non-hydrogen) atoms. The van der Waals surface area contributed by atoms with Crippen molar-refractivity contribution in [2.75, 3.05) is 33.4 Å². The number of amides is 1. The predicted molar refractivity (Wildman–Crippen MR) is 95.3 cm³/mol. The van der Waals surface area contributed by atoms with E-state index in [1.54, 1.807) is 7.11 Å². The summed E-state index contributed by atoms with van der Waals surface area (Å²) in [6.07, 6.45) is -0.161. The summed E-state index contributed by atoms with van der Waals surface area (Å²) >= 11 is 0. The molecule has 0 aliphatic carbocycles. The predicted octanol–water partition coefficient (Wildman–Crippen LogP) is 2.92. The van der Waals surface area contributed by atoms with Crippen LogP contribution in [0.3, 0.4) is 0 Å². The molecule has 0 radical (unpaired) electrons. The Bertz CT molecular complexity index is 731. The molecule has 0 unspecified atom stereocenters. The molecule has 0 saturated carbocycles. The second kappa shape index (κ2) is 8.03. The first-order valence-corrected chi connectivity index (χ1v) is 8.41. The normalized spacial score (nSPS) is 17.2. The van der Waals surface area contributed by atoms with E-state index in [0.29, 0.717) is 37.8 Å². The number of methoxy groups -OCH3 is 1. The van der Waals surface area contributed by atoms with Crippen LogP contribution in [0.5, 0.6) is 11.5 Å². The van der Waals surface area contributed by atoms with Crippen molar-refractivity contribution in [1.29, 1.82) is 0 Å². The quantitative estimate of drug-likeness (QED) is 0.839. The van der Waals surface area contributed by atoms with E-state index >= 15 is 0 Å². The van der Waals surface area contributed by atoms with Crippen molar-refractivity contribution >= 4 is 5.91 Å². The lowest BCUT2D eigenvalue weighted by Crippen LogP contribution is -2.47. The van der Waals surface area contributed by atoms with Gasteiger partial charge in [0.25, 0.3) is 5.91 Å². The molecule has 1 aliphatic rings. The molecule has 2 aromatic rings. The van der Waals surface area contributed by atoms with E-state index in [1.807, 2.05) is 60.4 Å². The number of carbonyl (C=O) groups excluding carboxylic acids is 1. The number of hydrogen-bond acceptors (Lipinski definition) is 4. The SMILES string of the molecule is COc1ccccc1OC[C@@H]1CN(C(=O)c2ccccc2C)CCO1. The molecule has 0 spiro atoms. The molecular formula is C20H23NO4. The first-order chi connectivity index (χ1) is 12.2. The molecular weight excluding hydrogens is 318 g/mol. The molecule has 3 rings (SSSR count). The van der Waals surface area contributed by atoms with E-state index in [1.165, 1.54) is 0 Å². The van der Waals surface area contributed by atoms with Crippen LogP contribution in [-0.2, 0) is 4.74 Å². The number of nitrogens with zero attached hydrogens (tertiary/aromatic N) is 1. The van der Waals surface area contributed by atoms with Crippen molar-refractivity contribution in [3.63, 3.8) is 0 Å². The van der Waals surface area contributed by atoms with E-state index < -0.39 is 0 Å². The van der Waals surface area contributed by atoms with E-state index in [4.69, 9.17) is 14.2 Å². The van der Waals surface area contributed by atoms with Gasteiger partial charge in [-0.2, -0.15) is 0 Å². The van der Waals surface area contributed by atoms with Crippen LogP contribution in [0.15, 0.2) is 48.5 Å². The van der Waals surface area contributed by atoms with Crippen LogP contribution in [-0.4, -0.2) is 50.3 Å². The maximum atomic E-state index is 12.8. The zero-order valence-electron chi connectivity index (χ0n) is 14.6. The summed E-state index contributed by atoms with van der Waals surface area (Å²) in [4.78, 5) is 14.6. The fourth-order valence-electron chi connectivity index (χ4n) is 2.91. The van der Waals surface area contributed by atoms with Crippen LogP contribution in [0, 0.1) is 6.92 Å². The van der Waals surface area contributed by atoms with Gasteiger partial charge >= 0.3 is 0 Å². The molecule has 1 amide bonds. The van der Waals surface area contributed by atoms with Gasteiger partial charge in [0.15, 0.2) is 11.5 Å². The second-order valence-electron chi connectivity index (χ2n) is 6.02. The highest BCUT2D eigenvalue weighted by molar-refractivity contribution is 5.95. The summed E-state index contributed by atoms with van der Waals surface area (Å²) in [6.45, 7) is 3.95. The Kier molecular flexibility index (Phi) is 5.56. The van der Waals surface area contributed by atoms with Crippen molar-refractivity contribution in [2.24, 2.45) is 0 Å². The summed E-state index contributed by atoms with van der Waals surface area (Å²) in [5.74, 6) is 1.41. The average molecular weight is 341 g/mol. The minimum atomic E-state index is -0.161. The van der Waals surface area contributed by atoms with Crippen LogP contribution < -0.4 is 9.47 Å². The number of benzene rings is 2. The van der Waals surface area contributed by atoms with E-state index in [0.717, 1.165) is 11.1 Å². The molecule has 5 nitrogen and oxygen atoms in total. The lowest BCUT2D eigenvalue weighted by Gasteiger charge is -2.33. The van der Waals surface area contributed by atoms with E-state index in [9.17, 15) is 4.79 Å². The molecule has 1 atom stereocenters. The number of ether oxygens (including phenoxy) is 3. The highest BCUT2D eigenvalue weighted by Crippen LogP contribution is 2.26. The Labute approximate surface area is 148 Å². The summed E-state index contributed by atoms with van der Waals surface area (Å²) in [6, 6.07) is 15.2. The Morgan fingerprint density at radius 2 is 1.88 bits per heavy atom. The third-order valence-corrected chi connectivity index (χ3v) is 4.30. The highest BCUT2D eigenvalue weighted by Gasteiger charge is 2.26. The smallest absolute Gasteiger partial charge is 0.254 e. The van der Waals surface area contributed by atoms with Crippen molar-refractivity contribution < 1.29 is 19.0 Å². The molecule has 132 valence electrons. The number of carbonyl (C=O) groups is 1. The molecule has 0 N–H and O–H groups in total. The lowest BCUT2D eigenvalue weighted by molar-refractivity contribution is -0.0404. The zero-order chi connectivity index (χ0) is 17.6. The van der Waals surface area contributed by atoms with Gasteiger partial charge in [-0.25, -0.2) is 0 Å². The number of rotatable bonds is 5. The van der Waals surface area contributed by atoms with Crippen LogP contribution in [0.4, 0.5) is 0 Å². The topological polar surface area (TPSA) is 48.0 Å². The zero-order valence-corrected chi connectivity index (χ0v) is 14.6. The van der Waals surface area contributed by atoms with Gasteiger partial charge in [-0.05, 0) is 30.7 Å². The third-order valence-electron chi connectivity index (χ3n) is 4.30. The number of para-hydroxylation sites is 2. The van der Waals surface area contributed by atoms with Gasteiger partial charge in [0.1, 0.15) is 12.7 Å². The maximum absolute atomic E-state index is 12.8. The van der Waals surface area contributed by atoms with Gasteiger partial charge in [0, 0.05) is 12.1 Å². The maximum Gasteiger partial charge on any atom is 0.254 e. The van der Waals surface area contributed by atoms with Crippen molar-refractivity contribution in [3.05, 3.63) is 59.7 Å². The molecule has 1 aliphatic heterocycles. The van der Waals surface area contributed by atoms with Crippen LogP contribution in [0.1, 0.15) is 15.9 Å². The van der Waals surface area contributed by atoms with E-state index in [2.05, 4.69) is 0 Å². The average Bonchev–Trinajstić information content (AvgIpc) is 2.66. The monoisotopic (exact) mass is 341 g/mol. The van der Waals surface area contributed by atoms with Gasteiger partial charge in [-0.15, -0.1) is 0 Å². The summed E-state index contributed by atoms with van der Waals surface area (Å²) in [5, 5.41) is 0. The number of morpholine rings is 1. The minimum absolute atomic E-state index is 0.0451. The van der Waals surface area contributed by atoms with Gasteiger partial charge in [0.05, 0.1) is 20.3 Å². The molecule has 5 heteroatoms. The largest absolute Gasteiger partial charge is 0.493 e. The highest BCUT2D eigenvalue weighted by atomic mass is 16.5. The molecule has 0 aromatic heterocycles. The Morgan fingerprint density at radius 1 is 1.16 bits per heavy atom. The standard InChI is InChI=1S/C20H23NO4/c1-15-7-3-4-8-17(15)20(22)21-11-12-24-16(13-21)14-25-19-10-6-5-9-18(19)23-2/h3-10,16H,11-14H2,1-2H3/t16-/m0/s1. The summed E-state index contributed by atoms with van der Waals surface area (Å²) < 4.78 is 16.9. The van der Waals surface area contributed by atoms with Gasteiger partial charge < -0.3 is 19.1 Å². The Morgan fingerprint density at radius 3 is 2.64 bits per heavy atom. The first-order valence-electron chi connectivity index (χ1n) is 8.41. The summed E-state index contributed by atoms with van der Waals surface area (Å²) in [7, 11) is 1.61. The fraction of sp³-hybridized carbons (Fsp3) is 0.350. The molecule has 1 fully saturated rings. The summed E-state index contributed by atoms with van der Waals surface area (Å²) in [5.41, 5.74) is 1.73. The number of aryl methyl sites for hydroxylation is 1. The lowest BCUT2D eigenvalue weighted by atomic mass is 10.1. The Hall–Kier alpha value is -2.53. The van der Waals surface area contributed by atoms with Gasteiger partial charge in [-0.1, -0.05) is 30.3 Å². The molecule has 0 bridgehead atoms. The van der Waals surface area contributed by atoms with E-state index in [-0.39, 0.29) is 12.0 Å². The van der Waals surface area contributed by atoms with Gasteiger partial charge in [0.2, 0.25) is 0 Å². The fourth-order valence-corrected chi connectivity index (χ4v) is 2.91. The van der Waals surface area contributed by atoms with Crippen LogP contribution in [0.25, 0.3) is 0 Å².